The zero-order valence-corrected chi connectivity index (χ0v) is 25.7. The molecule has 4 heterocycles. The zero-order chi connectivity index (χ0) is 30.1. The summed E-state index contributed by atoms with van der Waals surface area (Å²) in [6.07, 6.45) is 0.973. The molecule has 7 rings (SSSR count). The van der Waals surface area contributed by atoms with Crippen LogP contribution in [0, 0.1) is 0 Å². The average Bonchev–Trinajstić information content (AvgIpc) is 3.86. The van der Waals surface area contributed by atoms with Gasteiger partial charge in [0.1, 0.15) is 16.1 Å². The van der Waals surface area contributed by atoms with Crippen LogP contribution in [-0.2, 0) is 19.1 Å². The highest BCUT2D eigenvalue weighted by atomic mass is 32.2. The molecule has 228 valence electrons. The Labute approximate surface area is 256 Å². The van der Waals surface area contributed by atoms with Gasteiger partial charge in [0.2, 0.25) is 5.95 Å². The third-order valence-corrected chi connectivity index (χ3v) is 10.7. The molecule has 0 saturated heterocycles. The third kappa shape index (κ3) is 6.15. The first-order chi connectivity index (χ1) is 20.4. The normalized spacial score (nSPS) is 19.7. The average molecular weight is 632 g/mol. The SMILES string of the molecule is CC(C)(F)CN1CCc2cc(Nc3ncc(C(F)(F)F)c(-c4cc5c(s4)C(=O)N(C4CC4)CCS5)n3)c(C3CC3)cc2C1. The van der Waals surface area contributed by atoms with Crippen LogP contribution in [0.25, 0.3) is 10.6 Å². The first kappa shape index (κ1) is 29.0. The third-order valence-electron chi connectivity index (χ3n) is 8.38. The van der Waals surface area contributed by atoms with Crippen molar-refractivity contribution in [1.29, 1.82) is 0 Å². The number of thiophene rings is 1. The highest BCUT2D eigenvalue weighted by Gasteiger charge is 2.39. The summed E-state index contributed by atoms with van der Waals surface area (Å²) < 4.78 is 56.9. The van der Waals surface area contributed by atoms with Crippen molar-refractivity contribution in [3.8, 4) is 10.6 Å². The number of nitrogens with zero attached hydrogens (tertiary/aromatic N) is 4. The standard InChI is InChI=1S/C31H33F4N5OS2/c1-30(2,32)16-39-8-7-18-12-23(21(17-3-4-17)11-19(18)15-39)37-29-36-14-22(31(33,34)35)26(38-29)24-13-25-27(43-24)28(41)40(9-10-42-25)20-5-6-20/h11-14,17,20H,3-10,15-16H2,1-2H3,(H,36,37,38). The summed E-state index contributed by atoms with van der Waals surface area (Å²) in [5.74, 6) is 1.06. The van der Waals surface area contributed by atoms with Gasteiger partial charge in [0.05, 0.1) is 10.6 Å². The van der Waals surface area contributed by atoms with E-state index in [2.05, 4.69) is 32.3 Å². The van der Waals surface area contributed by atoms with Gasteiger partial charge in [-0.15, -0.1) is 23.1 Å². The van der Waals surface area contributed by atoms with E-state index in [-0.39, 0.29) is 23.6 Å². The Morgan fingerprint density at radius 2 is 1.84 bits per heavy atom. The highest BCUT2D eigenvalue weighted by molar-refractivity contribution is 7.99. The number of nitrogens with one attached hydrogen (secondary N) is 1. The van der Waals surface area contributed by atoms with Crippen LogP contribution in [0.2, 0.25) is 0 Å². The second-order valence-electron chi connectivity index (χ2n) is 12.6. The van der Waals surface area contributed by atoms with Gasteiger partial charge < -0.3 is 10.2 Å². The molecule has 0 bridgehead atoms. The van der Waals surface area contributed by atoms with Gasteiger partial charge in [-0.2, -0.15) is 13.2 Å². The summed E-state index contributed by atoms with van der Waals surface area (Å²) in [5, 5.41) is 3.25. The fourth-order valence-electron chi connectivity index (χ4n) is 6.12. The number of halogens is 4. The Morgan fingerprint density at radius 3 is 2.53 bits per heavy atom. The van der Waals surface area contributed by atoms with Crippen molar-refractivity contribution >= 4 is 40.6 Å². The van der Waals surface area contributed by atoms with E-state index >= 15 is 0 Å². The lowest BCUT2D eigenvalue weighted by Crippen LogP contribution is -2.39. The summed E-state index contributed by atoms with van der Waals surface area (Å²) in [6.45, 7) is 5.60. The first-order valence-corrected chi connectivity index (χ1v) is 16.6. The Hall–Kier alpha value is -2.70. The molecule has 2 aliphatic heterocycles. The van der Waals surface area contributed by atoms with E-state index in [1.54, 1.807) is 19.9 Å². The monoisotopic (exact) mass is 631 g/mol. The van der Waals surface area contributed by atoms with Gasteiger partial charge in [-0.25, -0.2) is 14.4 Å². The van der Waals surface area contributed by atoms with Crippen LogP contribution in [0.5, 0.6) is 0 Å². The largest absolute Gasteiger partial charge is 0.420 e. The van der Waals surface area contributed by atoms with E-state index in [1.165, 1.54) is 17.3 Å². The quantitative estimate of drug-likeness (QED) is 0.270. The lowest BCUT2D eigenvalue weighted by molar-refractivity contribution is -0.137. The van der Waals surface area contributed by atoms with Crippen molar-refractivity contribution in [2.24, 2.45) is 0 Å². The lowest BCUT2D eigenvalue weighted by atomic mass is 9.93. The van der Waals surface area contributed by atoms with Crippen LogP contribution >= 0.6 is 23.1 Å². The summed E-state index contributed by atoms with van der Waals surface area (Å²) in [7, 11) is 0. The molecule has 12 heteroatoms. The summed E-state index contributed by atoms with van der Waals surface area (Å²) in [6, 6.07) is 6.15. The Kier molecular flexibility index (Phi) is 7.25. The van der Waals surface area contributed by atoms with Crippen molar-refractivity contribution in [2.45, 2.75) is 81.2 Å². The van der Waals surface area contributed by atoms with Gasteiger partial charge in [0, 0.05) is 54.8 Å². The van der Waals surface area contributed by atoms with Crippen molar-refractivity contribution in [3.05, 3.63) is 51.5 Å². The zero-order valence-electron chi connectivity index (χ0n) is 24.1. The predicted octanol–water partition coefficient (Wildman–Crippen LogP) is 7.66. The highest BCUT2D eigenvalue weighted by Crippen LogP contribution is 2.47. The predicted molar refractivity (Wildman–Crippen MR) is 161 cm³/mol. The maximum Gasteiger partial charge on any atom is 0.420 e. The first-order valence-electron chi connectivity index (χ1n) is 14.8. The van der Waals surface area contributed by atoms with Gasteiger partial charge in [-0.05, 0) is 80.7 Å². The molecule has 0 spiro atoms. The number of fused-ring (bicyclic) bond motifs is 2. The van der Waals surface area contributed by atoms with E-state index in [4.69, 9.17) is 0 Å². The summed E-state index contributed by atoms with van der Waals surface area (Å²) in [5.41, 5.74) is 1.79. The van der Waals surface area contributed by atoms with Gasteiger partial charge in [-0.1, -0.05) is 6.07 Å². The number of aromatic nitrogens is 2. The van der Waals surface area contributed by atoms with Gasteiger partial charge in [0.25, 0.3) is 5.91 Å². The molecule has 0 radical (unpaired) electrons. The number of amides is 1. The Bertz CT molecular complexity index is 1580. The number of carbonyl (C=O) groups excluding carboxylic acids is 1. The second-order valence-corrected chi connectivity index (χ2v) is 14.8. The number of hydrogen-bond acceptors (Lipinski definition) is 7. The van der Waals surface area contributed by atoms with Gasteiger partial charge >= 0.3 is 6.18 Å². The van der Waals surface area contributed by atoms with Gasteiger partial charge in [0.15, 0.2) is 0 Å². The molecule has 0 unspecified atom stereocenters. The number of anilines is 2. The molecular formula is C31H33F4N5OS2. The number of alkyl halides is 4. The number of carbonyl (C=O) groups is 1. The summed E-state index contributed by atoms with van der Waals surface area (Å²) >= 11 is 2.59. The molecular weight excluding hydrogens is 599 g/mol. The van der Waals surface area contributed by atoms with Crippen LogP contribution in [-0.4, -0.2) is 62.8 Å². The van der Waals surface area contributed by atoms with E-state index in [1.807, 2.05) is 4.90 Å². The maximum atomic E-state index is 14.3. The molecule has 3 aromatic rings. The molecule has 43 heavy (non-hydrogen) atoms. The van der Waals surface area contributed by atoms with Crippen LogP contribution < -0.4 is 5.32 Å². The molecule has 1 amide bonds. The number of rotatable bonds is 7. The van der Waals surface area contributed by atoms with Crippen LogP contribution in [0.3, 0.4) is 0 Å². The molecule has 1 aromatic carbocycles. The fourth-order valence-corrected chi connectivity index (χ4v) is 8.44. The van der Waals surface area contributed by atoms with Crippen molar-refractivity contribution in [3.63, 3.8) is 0 Å². The Morgan fingerprint density at radius 1 is 1.05 bits per heavy atom. The summed E-state index contributed by atoms with van der Waals surface area (Å²) in [4.78, 5) is 27.3. The molecule has 2 aliphatic carbocycles. The van der Waals surface area contributed by atoms with Gasteiger partial charge in [-0.3, -0.25) is 9.69 Å². The lowest BCUT2D eigenvalue weighted by Gasteiger charge is -2.33. The van der Waals surface area contributed by atoms with Crippen molar-refractivity contribution in [2.75, 3.05) is 30.7 Å². The van der Waals surface area contributed by atoms with Crippen LogP contribution in [0.1, 0.15) is 77.4 Å². The van der Waals surface area contributed by atoms with Crippen LogP contribution in [0.15, 0.2) is 29.3 Å². The van der Waals surface area contributed by atoms with E-state index in [0.717, 1.165) is 73.0 Å². The fraction of sp³-hybridized carbons (Fsp3) is 0.516. The molecule has 2 fully saturated rings. The number of benzene rings is 1. The van der Waals surface area contributed by atoms with Crippen molar-refractivity contribution in [1.82, 2.24) is 19.8 Å². The van der Waals surface area contributed by atoms with E-state index in [9.17, 15) is 22.4 Å². The number of hydrogen-bond donors (Lipinski definition) is 1. The molecule has 6 nitrogen and oxygen atoms in total. The topological polar surface area (TPSA) is 61.4 Å². The minimum Gasteiger partial charge on any atom is -0.334 e. The smallest absolute Gasteiger partial charge is 0.334 e. The second kappa shape index (κ2) is 10.7. The molecule has 0 atom stereocenters. The van der Waals surface area contributed by atoms with E-state index < -0.39 is 17.4 Å². The minimum absolute atomic E-state index is 0.0867. The van der Waals surface area contributed by atoms with E-state index in [0.29, 0.717) is 46.0 Å². The minimum atomic E-state index is -4.66. The molecule has 1 N–H and O–H groups in total. The molecule has 2 aromatic heterocycles. The van der Waals surface area contributed by atoms with Crippen molar-refractivity contribution < 1.29 is 22.4 Å². The Balaban J connectivity index is 1.22. The number of thioether (sulfide) groups is 1. The maximum absolute atomic E-state index is 14.3. The van der Waals surface area contributed by atoms with Crippen LogP contribution in [0.4, 0.5) is 29.2 Å². The molecule has 4 aliphatic rings. The molecule has 2 saturated carbocycles.